The fourth-order valence-electron chi connectivity index (χ4n) is 4.84. The second kappa shape index (κ2) is 15.5. The van der Waals surface area contributed by atoms with E-state index in [0.717, 1.165) is 41.1 Å². The van der Waals surface area contributed by atoms with Gasteiger partial charge in [0.1, 0.15) is 0 Å². The zero-order valence-corrected chi connectivity index (χ0v) is 26.6. The molecule has 1 aliphatic rings. The molecule has 4 bridgehead atoms. The lowest BCUT2D eigenvalue weighted by atomic mass is 9.97. The van der Waals surface area contributed by atoms with Gasteiger partial charge in [-0.15, -0.1) is 0 Å². The van der Waals surface area contributed by atoms with E-state index in [2.05, 4.69) is 34.1 Å². The molecular weight excluding hydrogens is 554 g/mol. The predicted octanol–water partition coefficient (Wildman–Crippen LogP) is 2.67. The maximum absolute atomic E-state index is 13.6. The molecule has 2 aromatic carbocycles. The fraction of sp³-hybridized carbons (Fsp3) is 0.548. The van der Waals surface area contributed by atoms with Crippen LogP contribution in [0, 0.1) is 0 Å². The predicted molar refractivity (Wildman–Crippen MR) is 167 cm³/mol. The maximum Gasteiger partial charge on any atom is 0.303 e. The van der Waals surface area contributed by atoms with Crippen molar-refractivity contribution < 1.29 is 22.7 Å². The number of carbonyl (C=O) groups is 2. The van der Waals surface area contributed by atoms with E-state index in [0.29, 0.717) is 37.4 Å². The van der Waals surface area contributed by atoms with Crippen molar-refractivity contribution in [2.75, 3.05) is 45.1 Å². The molecule has 0 unspecified atom stereocenters. The van der Waals surface area contributed by atoms with Gasteiger partial charge in [-0.05, 0) is 87.8 Å². The minimum Gasteiger partial charge on any atom is -0.377 e. The summed E-state index contributed by atoms with van der Waals surface area (Å²) in [5.74, 6) is -0.434. The normalized spacial score (nSPS) is 17.0. The highest BCUT2D eigenvalue weighted by Crippen LogP contribution is 2.24. The summed E-state index contributed by atoms with van der Waals surface area (Å²) in [4.78, 5) is 26.3. The van der Waals surface area contributed by atoms with Gasteiger partial charge in [-0.2, -0.15) is 12.7 Å². The van der Waals surface area contributed by atoms with Gasteiger partial charge in [0.2, 0.25) is 5.91 Å². The van der Waals surface area contributed by atoms with Crippen LogP contribution in [-0.4, -0.2) is 83.6 Å². The summed E-state index contributed by atoms with van der Waals surface area (Å²) in [5, 5.41) is 9.29. The molecule has 11 heteroatoms. The molecule has 1 heterocycles. The van der Waals surface area contributed by atoms with Crippen molar-refractivity contribution in [3.8, 4) is 0 Å². The number of nitrogens with zero attached hydrogens (tertiary/aromatic N) is 2. The van der Waals surface area contributed by atoms with E-state index < -0.39 is 16.3 Å². The van der Waals surface area contributed by atoms with Gasteiger partial charge in [-0.25, -0.2) is 0 Å². The Hall–Kier alpha value is -2.99. The monoisotopic (exact) mass is 601 g/mol. The van der Waals surface area contributed by atoms with Crippen molar-refractivity contribution in [1.29, 1.82) is 0 Å². The lowest BCUT2D eigenvalue weighted by Crippen LogP contribution is -2.50. The molecule has 0 fully saturated rings. The first kappa shape index (κ1) is 33.5. The van der Waals surface area contributed by atoms with Crippen molar-refractivity contribution in [3.63, 3.8) is 0 Å². The Labute approximate surface area is 251 Å². The van der Waals surface area contributed by atoms with Gasteiger partial charge in [0.05, 0.1) is 24.4 Å². The SMILES string of the molecule is CC(C)OCCNC(=O)[C@H](C)NC[C@H]1Cc2cccc(c2)CCCCc2cc(cc(N(C)S(=O)(=O)N(C)C)c2)C(=O)N1. The molecule has 0 aromatic heterocycles. The zero-order valence-electron chi connectivity index (χ0n) is 25.8. The van der Waals surface area contributed by atoms with Crippen LogP contribution in [0.15, 0.2) is 42.5 Å². The van der Waals surface area contributed by atoms with Gasteiger partial charge in [0, 0.05) is 45.8 Å². The Balaban J connectivity index is 1.83. The minimum absolute atomic E-state index is 0.101. The van der Waals surface area contributed by atoms with E-state index in [-0.39, 0.29) is 24.0 Å². The Morgan fingerprint density at radius 3 is 2.40 bits per heavy atom. The van der Waals surface area contributed by atoms with E-state index in [1.807, 2.05) is 32.0 Å². The summed E-state index contributed by atoms with van der Waals surface area (Å²) in [6, 6.07) is 12.9. The van der Waals surface area contributed by atoms with Crippen LogP contribution in [-0.2, 0) is 39.0 Å². The largest absolute Gasteiger partial charge is 0.377 e. The molecule has 0 saturated carbocycles. The van der Waals surface area contributed by atoms with Crippen molar-refractivity contribution >= 4 is 27.7 Å². The van der Waals surface area contributed by atoms with Gasteiger partial charge >= 0.3 is 10.2 Å². The fourth-order valence-corrected chi connectivity index (χ4v) is 5.70. The van der Waals surface area contributed by atoms with Gasteiger partial charge in [-0.3, -0.25) is 13.9 Å². The van der Waals surface area contributed by atoms with Crippen LogP contribution < -0.4 is 20.3 Å². The third-order valence-electron chi connectivity index (χ3n) is 7.32. The number of fused-ring (bicyclic) bond motifs is 4. The standard InChI is InChI=1S/C31H47N5O5S/c1-22(2)41-15-14-32-30(37)23(3)33-21-28-18-25-13-9-12-24(16-25)10-7-8-11-26-17-27(31(38)34-28)20-29(19-26)36(6)42(39,40)35(4)5/h9,12-13,16-17,19-20,22-23,28,33H,7-8,10-11,14-15,18,21H2,1-6H3,(H,32,37)(H,34,38)/t23-,28+/m0/s1. The second-order valence-electron chi connectivity index (χ2n) is 11.4. The van der Waals surface area contributed by atoms with Gasteiger partial charge in [0.15, 0.2) is 0 Å². The molecule has 42 heavy (non-hydrogen) atoms. The van der Waals surface area contributed by atoms with Crippen LogP contribution in [0.3, 0.4) is 0 Å². The van der Waals surface area contributed by atoms with E-state index in [4.69, 9.17) is 4.74 Å². The van der Waals surface area contributed by atoms with E-state index in [9.17, 15) is 18.0 Å². The third-order valence-corrected chi connectivity index (χ3v) is 9.14. The number of hydrogen-bond acceptors (Lipinski definition) is 6. The molecule has 3 N–H and O–H groups in total. The summed E-state index contributed by atoms with van der Waals surface area (Å²) in [6.07, 6.45) is 4.22. The Morgan fingerprint density at radius 2 is 1.71 bits per heavy atom. The number of carbonyl (C=O) groups excluding carboxylic acids is 2. The van der Waals surface area contributed by atoms with Crippen molar-refractivity contribution in [2.45, 2.75) is 71.1 Å². The summed E-state index contributed by atoms with van der Waals surface area (Å²) < 4.78 is 33.6. The number of anilines is 1. The van der Waals surface area contributed by atoms with Gasteiger partial charge in [0.25, 0.3) is 5.91 Å². The first-order valence-electron chi connectivity index (χ1n) is 14.7. The van der Waals surface area contributed by atoms with Crippen LogP contribution in [0.2, 0.25) is 0 Å². The highest BCUT2D eigenvalue weighted by atomic mass is 32.2. The molecule has 10 nitrogen and oxygen atoms in total. The van der Waals surface area contributed by atoms with Crippen LogP contribution in [0.5, 0.6) is 0 Å². The molecule has 0 spiro atoms. The van der Waals surface area contributed by atoms with E-state index in [1.165, 1.54) is 31.0 Å². The number of nitrogens with one attached hydrogen (secondary N) is 3. The third kappa shape index (κ3) is 9.79. The summed E-state index contributed by atoms with van der Waals surface area (Å²) in [6.45, 7) is 6.92. The van der Waals surface area contributed by atoms with Gasteiger partial charge < -0.3 is 20.7 Å². The van der Waals surface area contributed by atoms with Crippen molar-refractivity contribution in [1.82, 2.24) is 20.3 Å². The van der Waals surface area contributed by atoms with Gasteiger partial charge in [-0.1, -0.05) is 24.3 Å². The molecule has 232 valence electrons. The number of amides is 2. The van der Waals surface area contributed by atoms with Crippen LogP contribution in [0.25, 0.3) is 0 Å². The van der Waals surface area contributed by atoms with Crippen LogP contribution in [0.4, 0.5) is 5.69 Å². The summed E-state index contributed by atoms with van der Waals surface area (Å²) in [5.41, 5.74) is 4.09. The Kier molecular flexibility index (Phi) is 12.3. The molecule has 0 radical (unpaired) electrons. The smallest absolute Gasteiger partial charge is 0.303 e. The van der Waals surface area contributed by atoms with Crippen LogP contribution >= 0.6 is 0 Å². The molecule has 2 atom stereocenters. The van der Waals surface area contributed by atoms with Crippen molar-refractivity contribution in [2.24, 2.45) is 0 Å². The lowest BCUT2D eigenvalue weighted by molar-refractivity contribution is -0.123. The second-order valence-corrected chi connectivity index (χ2v) is 13.6. The number of hydrogen-bond donors (Lipinski definition) is 3. The highest BCUT2D eigenvalue weighted by molar-refractivity contribution is 7.90. The molecular formula is C31H47N5O5S. The molecule has 0 aliphatic carbocycles. The van der Waals surface area contributed by atoms with E-state index in [1.54, 1.807) is 13.0 Å². The molecule has 1 aliphatic heterocycles. The molecule has 3 rings (SSSR count). The average molecular weight is 602 g/mol. The first-order valence-corrected chi connectivity index (χ1v) is 16.1. The number of ether oxygens (including phenoxy) is 1. The Morgan fingerprint density at radius 1 is 1.02 bits per heavy atom. The topological polar surface area (TPSA) is 120 Å². The summed E-state index contributed by atoms with van der Waals surface area (Å²) >= 11 is 0. The van der Waals surface area contributed by atoms with E-state index >= 15 is 0 Å². The first-order chi connectivity index (χ1) is 19.9. The quantitative estimate of drug-likeness (QED) is 0.341. The summed E-state index contributed by atoms with van der Waals surface area (Å²) in [7, 11) is 0.727. The molecule has 2 aromatic rings. The number of benzene rings is 2. The molecule has 2 amide bonds. The number of rotatable bonds is 11. The average Bonchev–Trinajstić information content (AvgIpc) is 2.94. The molecule has 0 saturated heterocycles. The maximum atomic E-state index is 13.6. The van der Waals surface area contributed by atoms with Crippen molar-refractivity contribution in [3.05, 3.63) is 64.7 Å². The Bertz CT molecular complexity index is 1310. The van der Waals surface area contributed by atoms with Crippen LogP contribution in [0.1, 0.15) is 60.7 Å². The number of aryl methyl sites for hydroxylation is 2. The highest BCUT2D eigenvalue weighted by Gasteiger charge is 2.24. The minimum atomic E-state index is -3.73. The zero-order chi connectivity index (χ0) is 30.9. The lowest BCUT2D eigenvalue weighted by Gasteiger charge is -2.25.